The van der Waals surface area contributed by atoms with Gasteiger partial charge in [-0.3, -0.25) is 0 Å². The van der Waals surface area contributed by atoms with E-state index in [1.165, 1.54) is 28.9 Å². The summed E-state index contributed by atoms with van der Waals surface area (Å²) in [7, 11) is 0. The van der Waals surface area contributed by atoms with E-state index < -0.39 is 17.6 Å². The Morgan fingerprint density at radius 1 is 1.16 bits per heavy atom. The summed E-state index contributed by atoms with van der Waals surface area (Å²) in [6.45, 7) is 6.03. The molecule has 6 nitrogen and oxygen atoms in total. The Bertz CT molecular complexity index is 928. The molecule has 0 bridgehead atoms. The normalized spacial score (nSPS) is 19.2. The average molecular weight is 468 g/mol. The monoisotopic (exact) mass is 467 g/mol. The van der Waals surface area contributed by atoms with Crippen molar-refractivity contribution in [2.24, 2.45) is 0 Å². The van der Waals surface area contributed by atoms with Gasteiger partial charge in [0.15, 0.2) is 0 Å². The smallest absolute Gasteiger partial charge is 0.423 e. The standard InChI is InChI=1S/C22H28F3N5OS/c1-14-12-17(2-3-18(14)15-4-8-26-9-5-15)32-30-10-6-16(7-11-30)28-21-27-13-19(20(31)29-21)22(23,24)25/h2-3,12-13,15-16,26H,4-11H2,1H3,(H2,27,28,29,31). The van der Waals surface area contributed by atoms with E-state index in [4.69, 9.17) is 0 Å². The first kappa shape index (κ1) is 23.1. The number of rotatable bonds is 5. The van der Waals surface area contributed by atoms with Crippen molar-refractivity contribution in [3.63, 3.8) is 0 Å². The predicted molar refractivity (Wildman–Crippen MR) is 119 cm³/mol. The number of hydrogen-bond acceptors (Lipinski definition) is 7. The molecule has 3 N–H and O–H groups in total. The molecule has 2 saturated heterocycles. The quantitative estimate of drug-likeness (QED) is 0.557. The van der Waals surface area contributed by atoms with E-state index >= 15 is 0 Å². The zero-order chi connectivity index (χ0) is 22.7. The van der Waals surface area contributed by atoms with E-state index in [0.717, 1.165) is 39.0 Å². The second-order valence-electron chi connectivity index (χ2n) is 8.41. The Labute approximate surface area is 190 Å². The average Bonchev–Trinajstić information content (AvgIpc) is 2.75. The Kier molecular flexibility index (Phi) is 7.11. The number of anilines is 1. The number of halogens is 3. The third-order valence-corrected chi connectivity index (χ3v) is 7.20. The molecule has 2 aliphatic rings. The van der Waals surface area contributed by atoms with E-state index in [-0.39, 0.29) is 12.0 Å². The largest absolute Gasteiger partial charge is 0.493 e. The van der Waals surface area contributed by atoms with Crippen LogP contribution in [-0.2, 0) is 6.18 Å². The van der Waals surface area contributed by atoms with Crippen LogP contribution in [0.25, 0.3) is 0 Å². The van der Waals surface area contributed by atoms with E-state index in [2.05, 4.69) is 50.0 Å². The van der Waals surface area contributed by atoms with Gasteiger partial charge in [0.2, 0.25) is 11.8 Å². The number of aryl methyl sites for hydroxylation is 1. The molecule has 32 heavy (non-hydrogen) atoms. The molecule has 0 unspecified atom stereocenters. The van der Waals surface area contributed by atoms with Crippen molar-refractivity contribution in [3.05, 3.63) is 41.1 Å². The van der Waals surface area contributed by atoms with Gasteiger partial charge in [-0.1, -0.05) is 6.07 Å². The molecule has 0 saturated carbocycles. The zero-order valence-electron chi connectivity index (χ0n) is 18.0. The second kappa shape index (κ2) is 9.84. The number of alkyl halides is 3. The molecular formula is C22H28F3N5OS. The number of piperidine rings is 2. The first-order valence-electron chi connectivity index (χ1n) is 10.9. The maximum Gasteiger partial charge on any atom is 0.423 e. The van der Waals surface area contributed by atoms with Crippen molar-refractivity contribution in [1.29, 1.82) is 0 Å². The SMILES string of the molecule is Cc1cc(SN2CCC(Nc3ncc(C(F)(F)F)c(O)n3)CC2)ccc1C1CCNCC1. The summed E-state index contributed by atoms with van der Waals surface area (Å²) < 4.78 is 40.5. The third-order valence-electron chi connectivity index (χ3n) is 6.12. The Hall–Kier alpha value is -2.04. The van der Waals surface area contributed by atoms with Crippen LogP contribution in [0.5, 0.6) is 5.88 Å². The first-order chi connectivity index (χ1) is 15.3. The van der Waals surface area contributed by atoms with Crippen molar-refractivity contribution in [2.75, 3.05) is 31.5 Å². The van der Waals surface area contributed by atoms with Gasteiger partial charge < -0.3 is 15.7 Å². The van der Waals surface area contributed by atoms with Crippen molar-refractivity contribution in [1.82, 2.24) is 19.6 Å². The highest BCUT2D eigenvalue weighted by Crippen LogP contribution is 2.35. The summed E-state index contributed by atoms with van der Waals surface area (Å²) in [5.41, 5.74) is 1.58. The highest BCUT2D eigenvalue weighted by molar-refractivity contribution is 7.97. The molecule has 1 aromatic carbocycles. The van der Waals surface area contributed by atoms with Crippen LogP contribution in [0.2, 0.25) is 0 Å². The number of hydrogen-bond donors (Lipinski definition) is 3. The third kappa shape index (κ3) is 5.65. The van der Waals surface area contributed by atoms with E-state index in [9.17, 15) is 18.3 Å². The highest BCUT2D eigenvalue weighted by atomic mass is 32.2. The molecule has 2 fully saturated rings. The minimum absolute atomic E-state index is 0.0192. The van der Waals surface area contributed by atoms with Gasteiger partial charge in [0.05, 0.1) is 0 Å². The summed E-state index contributed by atoms with van der Waals surface area (Å²) in [5, 5.41) is 16.0. The summed E-state index contributed by atoms with van der Waals surface area (Å²) in [6.07, 6.45) is -0.0576. The molecule has 0 spiro atoms. The lowest BCUT2D eigenvalue weighted by Crippen LogP contribution is -2.36. The van der Waals surface area contributed by atoms with Crippen molar-refractivity contribution >= 4 is 17.9 Å². The fraction of sp³-hybridized carbons (Fsp3) is 0.545. The van der Waals surface area contributed by atoms with Crippen LogP contribution in [0.3, 0.4) is 0 Å². The fourth-order valence-electron chi connectivity index (χ4n) is 4.36. The summed E-state index contributed by atoms with van der Waals surface area (Å²) in [6, 6.07) is 6.80. The van der Waals surface area contributed by atoms with Gasteiger partial charge >= 0.3 is 6.18 Å². The molecule has 174 valence electrons. The molecule has 2 aliphatic heterocycles. The number of aromatic hydroxyl groups is 1. The van der Waals surface area contributed by atoms with Crippen LogP contribution >= 0.6 is 11.9 Å². The molecule has 2 aromatic rings. The van der Waals surface area contributed by atoms with E-state index in [0.29, 0.717) is 12.1 Å². The predicted octanol–water partition coefficient (Wildman–Crippen LogP) is 4.56. The molecule has 0 radical (unpaired) electrons. The van der Waals surface area contributed by atoms with Crippen LogP contribution in [0.1, 0.15) is 48.3 Å². The van der Waals surface area contributed by atoms with Crippen LogP contribution in [0.4, 0.5) is 19.1 Å². The number of benzene rings is 1. The molecule has 0 amide bonds. The number of aromatic nitrogens is 2. The molecule has 4 rings (SSSR count). The lowest BCUT2D eigenvalue weighted by molar-refractivity contribution is -0.139. The summed E-state index contributed by atoms with van der Waals surface area (Å²) >= 11 is 1.75. The van der Waals surface area contributed by atoms with E-state index in [1.54, 1.807) is 11.9 Å². The van der Waals surface area contributed by atoms with Crippen molar-refractivity contribution in [3.8, 4) is 5.88 Å². The van der Waals surface area contributed by atoms with Crippen molar-refractivity contribution in [2.45, 2.75) is 55.6 Å². The van der Waals surface area contributed by atoms with Gasteiger partial charge in [-0.05, 0) is 86.8 Å². The topological polar surface area (TPSA) is 73.3 Å². The molecular weight excluding hydrogens is 439 g/mol. The lowest BCUT2D eigenvalue weighted by atomic mass is 9.87. The molecule has 0 aliphatic carbocycles. The molecule has 3 heterocycles. The fourth-order valence-corrected chi connectivity index (χ4v) is 5.41. The van der Waals surface area contributed by atoms with Crippen LogP contribution in [0.15, 0.2) is 29.3 Å². The van der Waals surface area contributed by atoms with Gasteiger partial charge in [0.25, 0.3) is 0 Å². The van der Waals surface area contributed by atoms with Crippen LogP contribution < -0.4 is 10.6 Å². The Morgan fingerprint density at radius 3 is 2.50 bits per heavy atom. The van der Waals surface area contributed by atoms with Gasteiger partial charge in [0.1, 0.15) is 5.56 Å². The van der Waals surface area contributed by atoms with Crippen molar-refractivity contribution < 1.29 is 18.3 Å². The summed E-state index contributed by atoms with van der Waals surface area (Å²) in [5.74, 6) is -0.388. The first-order valence-corrected chi connectivity index (χ1v) is 11.7. The van der Waals surface area contributed by atoms with Gasteiger partial charge in [0, 0.05) is 30.2 Å². The second-order valence-corrected chi connectivity index (χ2v) is 9.58. The molecule has 1 aromatic heterocycles. The van der Waals surface area contributed by atoms with E-state index in [1.807, 2.05) is 0 Å². The zero-order valence-corrected chi connectivity index (χ0v) is 18.8. The molecule has 0 atom stereocenters. The van der Waals surface area contributed by atoms with Gasteiger partial charge in [-0.2, -0.15) is 18.2 Å². The Balaban J connectivity index is 1.29. The summed E-state index contributed by atoms with van der Waals surface area (Å²) in [4.78, 5) is 8.51. The number of nitrogens with zero attached hydrogens (tertiary/aromatic N) is 3. The maximum absolute atomic E-state index is 12.7. The highest BCUT2D eigenvalue weighted by Gasteiger charge is 2.35. The van der Waals surface area contributed by atoms with Crippen LogP contribution in [0, 0.1) is 6.92 Å². The van der Waals surface area contributed by atoms with Crippen LogP contribution in [-0.4, -0.2) is 51.6 Å². The molecule has 10 heteroatoms. The lowest BCUT2D eigenvalue weighted by Gasteiger charge is -2.31. The maximum atomic E-state index is 12.7. The minimum atomic E-state index is -4.67. The van der Waals surface area contributed by atoms with Gasteiger partial charge in [-0.15, -0.1) is 0 Å². The number of nitrogens with one attached hydrogen (secondary N) is 2. The minimum Gasteiger partial charge on any atom is -0.493 e. The Morgan fingerprint density at radius 2 is 1.88 bits per heavy atom. The van der Waals surface area contributed by atoms with Gasteiger partial charge in [-0.25, -0.2) is 9.29 Å².